The first-order valence-electron chi connectivity index (χ1n) is 9.25. The van der Waals surface area contributed by atoms with E-state index in [-0.39, 0.29) is 11.9 Å². The summed E-state index contributed by atoms with van der Waals surface area (Å²) >= 11 is 0. The Bertz CT molecular complexity index is 775. The third-order valence-electron chi connectivity index (χ3n) is 6.02. The van der Waals surface area contributed by atoms with Gasteiger partial charge in [-0.3, -0.25) is 9.89 Å². The summed E-state index contributed by atoms with van der Waals surface area (Å²) in [5.41, 5.74) is 1.72. The van der Waals surface area contributed by atoms with Crippen LogP contribution in [0.4, 0.5) is 0 Å². The highest BCUT2D eigenvalue weighted by Crippen LogP contribution is 2.55. The number of hydrogen-bond donors (Lipinski definition) is 2. The van der Waals surface area contributed by atoms with E-state index in [1.54, 1.807) is 26.5 Å². The molecule has 0 saturated heterocycles. The zero-order chi connectivity index (χ0) is 18.1. The first kappa shape index (κ1) is 16.9. The van der Waals surface area contributed by atoms with Crippen LogP contribution in [0.3, 0.4) is 0 Å². The average molecular weight is 355 g/mol. The van der Waals surface area contributed by atoms with E-state index in [9.17, 15) is 4.79 Å². The number of carbonyl (C=O) groups excluding carboxylic acids is 1. The van der Waals surface area contributed by atoms with Crippen molar-refractivity contribution in [3.63, 3.8) is 0 Å². The van der Waals surface area contributed by atoms with E-state index >= 15 is 0 Å². The molecule has 6 heteroatoms. The monoisotopic (exact) mass is 355 g/mol. The molecule has 2 N–H and O–H groups in total. The van der Waals surface area contributed by atoms with Crippen LogP contribution >= 0.6 is 0 Å². The molecule has 26 heavy (non-hydrogen) atoms. The molecule has 2 aromatic rings. The molecule has 138 valence electrons. The van der Waals surface area contributed by atoms with Gasteiger partial charge in [-0.25, -0.2) is 0 Å². The van der Waals surface area contributed by atoms with E-state index in [0.29, 0.717) is 23.4 Å². The summed E-state index contributed by atoms with van der Waals surface area (Å²) in [6, 6.07) is 7.97. The van der Waals surface area contributed by atoms with Crippen LogP contribution in [-0.2, 0) is 0 Å². The summed E-state index contributed by atoms with van der Waals surface area (Å²) in [5, 5.41) is 9.88. The van der Waals surface area contributed by atoms with Crippen molar-refractivity contribution in [3.05, 3.63) is 41.7 Å². The summed E-state index contributed by atoms with van der Waals surface area (Å²) in [6.07, 6.45) is 6.52. The molecular formula is C20H25N3O3. The Balaban J connectivity index is 1.60. The minimum atomic E-state index is -0.0815. The molecule has 1 aromatic heterocycles. The maximum atomic E-state index is 12.6. The fourth-order valence-electron chi connectivity index (χ4n) is 4.79. The van der Waals surface area contributed by atoms with Gasteiger partial charge in [0.15, 0.2) is 11.5 Å². The second kappa shape index (κ2) is 7.02. The molecule has 0 radical (unpaired) electrons. The number of rotatable bonds is 5. The van der Waals surface area contributed by atoms with Crippen molar-refractivity contribution in [2.24, 2.45) is 11.8 Å². The van der Waals surface area contributed by atoms with Gasteiger partial charge in [0.2, 0.25) is 0 Å². The topological polar surface area (TPSA) is 76.2 Å². The van der Waals surface area contributed by atoms with Crippen molar-refractivity contribution in [1.82, 2.24) is 15.5 Å². The number of H-pyrrole nitrogens is 1. The minimum absolute atomic E-state index is 0.0815. The molecule has 0 bridgehead atoms. The molecule has 1 amide bonds. The van der Waals surface area contributed by atoms with E-state index in [1.165, 1.54) is 31.2 Å². The van der Waals surface area contributed by atoms with E-state index in [4.69, 9.17) is 9.47 Å². The van der Waals surface area contributed by atoms with Crippen molar-refractivity contribution in [3.8, 4) is 11.5 Å². The number of fused-ring (bicyclic) bond motifs is 1. The van der Waals surface area contributed by atoms with Crippen molar-refractivity contribution < 1.29 is 14.3 Å². The molecule has 1 heterocycles. The summed E-state index contributed by atoms with van der Waals surface area (Å²) in [6.45, 7) is 0. The number of nitrogens with zero attached hydrogens (tertiary/aromatic N) is 1. The van der Waals surface area contributed by atoms with Gasteiger partial charge in [-0.15, -0.1) is 0 Å². The molecule has 1 aromatic carbocycles. The van der Waals surface area contributed by atoms with Crippen LogP contribution in [0.25, 0.3) is 0 Å². The standard InChI is InChI=1S/C20H25N3O3/c1-25-16-8-7-12(11-17(16)26-2)18-13-5-3-4-6-14(13)19(18)22-20(24)15-9-10-21-23-15/h7-11,13-14,18-19H,3-6H2,1-2H3,(H,21,23)(H,22,24)/t13-,14+,18+,19+/m1/s1. The highest BCUT2D eigenvalue weighted by atomic mass is 16.5. The number of carbonyl (C=O) groups is 1. The lowest BCUT2D eigenvalue weighted by Gasteiger charge is -2.55. The summed E-state index contributed by atoms with van der Waals surface area (Å²) in [4.78, 5) is 12.6. The van der Waals surface area contributed by atoms with Gasteiger partial charge >= 0.3 is 0 Å². The molecule has 2 fully saturated rings. The molecule has 2 aliphatic carbocycles. The zero-order valence-electron chi connectivity index (χ0n) is 15.2. The fraction of sp³-hybridized carbons (Fsp3) is 0.500. The highest BCUT2D eigenvalue weighted by Gasteiger charge is 2.52. The van der Waals surface area contributed by atoms with Crippen LogP contribution in [0.2, 0.25) is 0 Å². The van der Waals surface area contributed by atoms with Gasteiger partial charge in [0.25, 0.3) is 5.91 Å². The molecule has 4 atom stereocenters. The van der Waals surface area contributed by atoms with E-state index < -0.39 is 0 Å². The molecule has 0 spiro atoms. The normalized spacial score (nSPS) is 27.2. The SMILES string of the molecule is COc1ccc([C@H]2[C@@H]3CCCC[C@@H]3[C@@H]2NC(=O)c2ccn[nH]2)cc1OC. The second-order valence-electron chi connectivity index (χ2n) is 7.22. The Morgan fingerprint density at radius 1 is 1.12 bits per heavy atom. The first-order valence-corrected chi connectivity index (χ1v) is 9.25. The first-order chi connectivity index (χ1) is 12.7. The van der Waals surface area contributed by atoms with Crippen molar-refractivity contribution in [2.75, 3.05) is 14.2 Å². The quantitative estimate of drug-likeness (QED) is 0.864. The number of aromatic nitrogens is 2. The lowest BCUT2D eigenvalue weighted by Crippen LogP contribution is -2.59. The number of methoxy groups -OCH3 is 2. The Morgan fingerprint density at radius 2 is 1.88 bits per heavy atom. The van der Waals surface area contributed by atoms with Crippen LogP contribution < -0.4 is 14.8 Å². The Labute approximate surface area is 153 Å². The zero-order valence-corrected chi connectivity index (χ0v) is 15.2. The minimum Gasteiger partial charge on any atom is -0.493 e. The lowest BCUT2D eigenvalue weighted by atomic mass is 9.53. The Morgan fingerprint density at radius 3 is 2.58 bits per heavy atom. The molecular weight excluding hydrogens is 330 g/mol. The van der Waals surface area contributed by atoms with Gasteiger partial charge < -0.3 is 14.8 Å². The van der Waals surface area contributed by atoms with E-state index in [1.807, 2.05) is 6.07 Å². The van der Waals surface area contributed by atoms with Crippen LogP contribution in [0.15, 0.2) is 30.5 Å². The number of amides is 1. The molecule has 6 nitrogen and oxygen atoms in total. The van der Waals surface area contributed by atoms with E-state index in [2.05, 4.69) is 27.6 Å². The van der Waals surface area contributed by atoms with Crippen LogP contribution in [0.1, 0.15) is 47.7 Å². The number of hydrogen-bond acceptors (Lipinski definition) is 4. The maximum absolute atomic E-state index is 12.6. The predicted octanol–water partition coefficient (Wildman–Crippen LogP) is 3.13. The van der Waals surface area contributed by atoms with Crippen LogP contribution in [0.5, 0.6) is 11.5 Å². The summed E-state index contributed by atoms with van der Waals surface area (Å²) < 4.78 is 10.8. The molecule has 0 unspecified atom stereocenters. The summed E-state index contributed by atoms with van der Waals surface area (Å²) in [5.74, 6) is 2.87. The molecule has 0 aliphatic heterocycles. The number of ether oxygens (including phenoxy) is 2. The van der Waals surface area contributed by atoms with E-state index in [0.717, 1.165) is 11.5 Å². The molecule has 4 rings (SSSR count). The molecule has 2 saturated carbocycles. The largest absolute Gasteiger partial charge is 0.493 e. The predicted molar refractivity (Wildman–Crippen MR) is 97.6 cm³/mol. The van der Waals surface area contributed by atoms with Gasteiger partial charge in [0.05, 0.1) is 14.2 Å². The van der Waals surface area contributed by atoms with Crippen LogP contribution in [0, 0.1) is 11.8 Å². The summed E-state index contributed by atoms with van der Waals surface area (Å²) in [7, 11) is 3.30. The average Bonchev–Trinajstić information content (AvgIpc) is 3.21. The Kier molecular flexibility index (Phi) is 4.57. The van der Waals surface area contributed by atoms with Crippen molar-refractivity contribution in [1.29, 1.82) is 0 Å². The highest BCUT2D eigenvalue weighted by molar-refractivity contribution is 5.92. The molecule has 2 aliphatic rings. The van der Waals surface area contributed by atoms with Gasteiger partial charge in [-0.2, -0.15) is 5.10 Å². The number of aromatic amines is 1. The number of nitrogens with one attached hydrogen (secondary N) is 2. The van der Waals surface area contributed by atoms with Gasteiger partial charge in [-0.05, 0) is 48.4 Å². The van der Waals surface area contributed by atoms with Crippen molar-refractivity contribution >= 4 is 5.91 Å². The van der Waals surface area contributed by atoms with Crippen LogP contribution in [-0.4, -0.2) is 36.4 Å². The lowest BCUT2D eigenvalue weighted by molar-refractivity contribution is 0.0249. The van der Waals surface area contributed by atoms with Gasteiger partial charge in [0.1, 0.15) is 5.69 Å². The van der Waals surface area contributed by atoms with Crippen molar-refractivity contribution in [2.45, 2.75) is 37.6 Å². The second-order valence-corrected chi connectivity index (χ2v) is 7.22. The third-order valence-corrected chi connectivity index (χ3v) is 6.02. The van der Waals surface area contributed by atoms with Gasteiger partial charge in [-0.1, -0.05) is 18.9 Å². The third kappa shape index (κ3) is 2.83. The Hall–Kier alpha value is -2.50. The smallest absolute Gasteiger partial charge is 0.269 e. The van der Waals surface area contributed by atoms with Gasteiger partial charge in [0, 0.05) is 18.2 Å². The fourth-order valence-corrected chi connectivity index (χ4v) is 4.79. The number of benzene rings is 1. The maximum Gasteiger partial charge on any atom is 0.269 e.